The number of thiophene rings is 1. The van der Waals surface area contributed by atoms with Crippen LogP contribution in [-0.4, -0.2) is 40.0 Å². The first kappa shape index (κ1) is 18.8. The highest BCUT2D eigenvalue weighted by molar-refractivity contribution is 7.10. The van der Waals surface area contributed by atoms with Crippen LogP contribution < -0.4 is 10.9 Å². The first-order valence-electron chi connectivity index (χ1n) is 9.62. The van der Waals surface area contributed by atoms with E-state index in [1.54, 1.807) is 17.4 Å². The number of aryl methyl sites for hydroxylation is 1. The van der Waals surface area contributed by atoms with Gasteiger partial charge in [0.15, 0.2) is 0 Å². The monoisotopic (exact) mass is 396 g/mol. The Morgan fingerprint density at radius 1 is 1.25 bits per heavy atom. The molecule has 1 atom stereocenters. The van der Waals surface area contributed by atoms with Gasteiger partial charge < -0.3 is 5.32 Å². The Bertz CT molecular complexity index is 1020. The molecule has 1 saturated heterocycles. The van der Waals surface area contributed by atoms with E-state index in [0.29, 0.717) is 17.4 Å². The molecule has 0 spiro atoms. The molecule has 28 heavy (non-hydrogen) atoms. The maximum atomic E-state index is 12.7. The molecule has 0 saturated carbocycles. The van der Waals surface area contributed by atoms with Crippen molar-refractivity contribution in [3.8, 4) is 0 Å². The molecule has 1 amide bonds. The summed E-state index contributed by atoms with van der Waals surface area (Å²) in [7, 11) is 0. The van der Waals surface area contributed by atoms with Crippen LogP contribution in [-0.2, 0) is 11.3 Å². The van der Waals surface area contributed by atoms with E-state index in [0.717, 1.165) is 18.7 Å². The minimum Gasteiger partial charge on any atom is -0.353 e. The number of benzene rings is 1. The van der Waals surface area contributed by atoms with Gasteiger partial charge in [-0.05, 0) is 55.9 Å². The fraction of sp³-hybridized carbons (Fsp3) is 0.381. The molecule has 3 aromatic rings. The van der Waals surface area contributed by atoms with E-state index in [1.165, 1.54) is 28.6 Å². The van der Waals surface area contributed by atoms with Crippen molar-refractivity contribution in [3.05, 3.63) is 62.8 Å². The third-order valence-electron chi connectivity index (χ3n) is 5.31. The Hall–Kier alpha value is -2.51. The lowest BCUT2D eigenvalue weighted by Gasteiger charge is -2.27. The molecule has 7 heteroatoms. The average Bonchev–Trinajstić information content (AvgIpc) is 3.39. The van der Waals surface area contributed by atoms with Crippen LogP contribution in [0.25, 0.3) is 10.9 Å². The van der Waals surface area contributed by atoms with Gasteiger partial charge in [0, 0.05) is 11.4 Å². The van der Waals surface area contributed by atoms with E-state index in [-0.39, 0.29) is 24.1 Å². The first-order valence-corrected chi connectivity index (χ1v) is 10.5. The molecule has 0 aliphatic carbocycles. The molecule has 1 aliphatic heterocycles. The normalized spacial score (nSPS) is 15.8. The summed E-state index contributed by atoms with van der Waals surface area (Å²) in [5.41, 5.74) is 1.46. The Kier molecular flexibility index (Phi) is 5.54. The predicted octanol–water partition coefficient (Wildman–Crippen LogP) is 2.72. The van der Waals surface area contributed by atoms with Crippen molar-refractivity contribution < 1.29 is 4.79 Å². The van der Waals surface area contributed by atoms with E-state index >= 15 is 0 Å². The van der Waals surface area contributed by atoms with Crippen molar-refractivity contribution >= 4 is 28.1 Å². The van der Waals surface area contributed by atoms with Crippen molar-refractivity contribution in [1.29, 1.82) is 0 Å². The Morgan fingerprint density at radius 3 is 2.82 bits per heavy atom. The second-order valence-corrected chi connectivity index (χ2v) is 8.21. The number of carbonyl (C=O) groups is 1. The van der Waals surface area contributed by atoms with Crippen molar-refractivity contribution in [2.45, 2.75) is 32.4 Å². The molecule has 0 bridgehead atoms. The van der Waals surface area contributed by atoms with Gasteiger partial charge in [-0.2, -0.15) is 0 Å². The van der Waals surface area contributed by atoms with Gasteiger partial charge in [0.1, 0.15) is 6.54 Å². The van der Waals surface area contributed by atoms with Gasteiger partial charge in [-0.1, -0.05) is 18.2 Å². The largest absolute Gasteiger partial charge is 0.353 e. The number of carbonyl (C=O) groups excluding carboxylic acids is 1. The Balaban J connectivity index is 1.46. The van der Waals surface area contributed by atoms with Crippen LogP contribution in [0.4, 0.5) is 0 Å². The summed E-state index contributed by atoms with van der Waals surface area (Å²) >= 11 is 1.72. The van der Waals surface area contributed by atoms with Crippen LogP contribution in [0.5, 0.6) is 0 Å². The van der Waals surface area contributed by atoms with Crippen LogP contribution >= 0.6 is 11.3 Å². The molecule has 1 aliphatic rings. The molecule has 1 unspecified atom stereocenters. The highest BCUT2D eigenvalue weighted by atomic mass is 32.1. The zero-order valence-corrected chi connectivity index (χ0v) is 16.7. The molecular formula is C21H24N4O2S. The standard InChI is InChI=1S/C21H24N4O2S/c1-15-6-4-7-16-20(15)23-14-25(21(16)27)13-19(26)22-12-17(18-8-5-11-28-18)24-9-2-3-10-24/h4-8,11,14,17H,2-3,9-10,12-13H2,1H3,(H,22,26). The fourth-order valence-corrected chi connectivity index (χ4v) is 4.68. The quantitative estimate of drug-likeness (QED) is 0.696. The zero-order valence-electron chi connectivity index (χ0n) is 15.9. The highest BCUT2D eigenvalue weighted by Crippen LogP contribution is 2.27. The van der Waals surface area contributed by atoms with Crippen molar-refractivity contribution in [1.82, 2.24) is 19.8 Å². The van der Waals surface area contributed by atoms with Crippen LogP contribution in [0.3, 0.4) is 0 Å². The number of aromatic nitrogens is 2. The minimum absolute atomic E-state index is 0.0210. The van der Waals surface area contributed by atoms with Crippen LogP contribution in [0.1, 0.15) is 29.3 Å². The van der Waals surface area contributed by atoms with Crippen molar-refractivity contribution in [2.24, 2.45) is 0 Å². The molecule has 3 heterocycles. The third-order valence-corrected chi connectivity index (χ3v) is 6.29. The molecule has 146 valence electrons. The lowest BCUT2D eigenvalue weighted by Crippen LogP contribution is -2.39. The lowest BCUT2D eigenvalue weighted by atomic mass is 10.1. The van der Waals surface area contributed by atoms with E-state index in [2.05, 4.69) is 26.6 Å². The summed E-state index contributed by atoms with van der Waals surface area (Å²) in [6.45, 7) is 4.58. The molecule has 6 nitrogen and oxygen atoms in total. The van der Waals surface area contributed by atoms with Gasteiger partial charge in [0.25, 0.3) is 5.56 Å². The maximum absolute atomic E-state index is 12.7. The summed E-state index contributed by atoms with van der Waals surface area (Å²) < 4.78 is 1.38. The molecule has 1 N–H and O–H groups in total. The summed E-state index contributed by atoms with van der Waals surface area (Å²) in [5.74, 6) is -0.170. The van der Waals surface area contributed by atoms with E-state index in [9.17, 15) is 9.59 Å². The number of nitrogens with one attached hydrogen (secondary N) is 1. The zero-order chi connectivity index (χ0) is 19.5. The fourth-order valence-electron chi connectivity index (χ4n) is 3.82. The van der Waals surface area contributed by atoms with E-state index in [4.69, 9.17) is 0 Å². The summed E-state index contributed by atoms with van der Waals surface area (Å²) in [6, 6.07) is 9.89. The van der Waals surface area contributed by atoms with Gasteiger partial charge >= 0.3 is 0 Å². The van der Waals surface area contributed by atoms with E-state index in [1.807, 2.05) is 25.1 Å². The smallest absolute Gasteiger partial charge is 0.261 e. The average molecular weight is 397 g/mol. The summed E-state index contributed by atoms with van der Waals surface area (Å²) in [4.78, 5) is 33.3. The van der Waals surface area contributed by atoms with Crippen LogP contribution in [0.15, 0.2) is 46.8 Å². The Morgan fingerprint density at radius 2 is 2.07 bits per heavy atom. The Labute approximate surface area is 167 Å². The number of rotatable bonds is 6. The number of para-hydroxylation sites is 1. The van der Waals surface area contributed by atoms with Crippen LogP contribution in [0.2, 0.25) is 0 Å². The number of hydrogen-bond donors (Lipinski definition) is 1. The predicted molar refractivity (Wildman–Crippen MR) is 112 cm³/mol. The van der Waals surface area contributed by atoms with Crippen molar-refractivity contribution in [2.75, 3.05) is 19.6 Å². The van der Waals surface area contributed by atoms with E-state index < -0.39 is 0 Å². The number of likely N-dealkylation sites (tertiary alicyclic amines) is 1. The number of hydrogen-bond acceptors (Lipinski definition) is 5. The maximum Gasteiger partial charge on any atom is 0.261 e. The molecule has 2 aromatic heterocycles. The van der Waals surface area contributed by atoms with Gasteiger partial charge in [0.05, 0.1) is 23.3 Å². The summed E-state index contributed by atoms with van der Waals surface area (Å²) in [6.07, 6.45) is 3.87. The van der Waals surface area contributed by atoms with Gasteiger partial charge in [-0.25, -0.2) is 4.98 Å². The molecule has 1 fully saturated rings. The van der Waals surface area contributed by atoms with Crippen LogP contribution in [0, 0.1) is 6.92 Å². The highest BCUT2D eigenvalue weighted by Gasteiger charge is 2.24. The topological polar surface area (TPSA) is 67.2 Å². The molecular weight excluding hydrogens is 372 g/mol. The number of nitrogens with zero attached hydrogens (tertiary/aromatic N) is 3. The SMILES string of the molecule is Cc1cccc2c(=O)n(CC(=O)NCC(c3cccs3)N3CCCC3)cnc12. The minimum atomic E-state index is -0.182. The molecule has 4 rings (SSSR count). The van der Waals surface area contributed by atoms with Gasteiger partial charge in [0.2, 0.25) is 5.91 Å². The number of amides is 1. The molecule has 0 radical (unpaired) electrons. The summed E-state index contributed by atoms with van der Waals surface area (Å²) in [5, 5.41) is 5.64. The second kappa shape index (κ2) is 8.24. The van der Waals surface area contributed by atoms with Crippen molar-refractivity contribution in [3.63, 3.8) is 0 Å². The second-order valence-electron chi connectivity index (χ2n) is 7.23. The lowest BCUT2D eigenvalue weighted by molar-refractivity contribution is -0.122. The first-order chi connectivity index (χ1) is 13.6. The number of fused-ring (bicyclic) bond motifs is 1. The van der Waals surface area contributed by atoms with Gasteiger partial charge in [-0.3, -0.25) is 19.1 Å². The third kappa shape index (κ3) is 3.86. The van der Waals surface area contributed by atoms with Gasteiger partial charge in [-0.15, -0.1) is 11.3 Å². The molecule has 1 aromatic carbocycles.